The molecule has 0 spiro atoms. The van der Waals surface area contributed by atoms with Crippen molar-refractivity contribution in [1.29, 1.82) is 0 Å². The zero-order chi connectivity index (χ0) is 15.1. The molecule has 5 heteroatoms. The van der Waals surface area contributed by atoms with Crippen LogP contribution >= 0.6 is 11.8 Å². The molecule has 0 unspecified atom stereocenters. The van der Waals surface area contributed by atoms with Gasteiger partial charge < -0.3 is 9.47 Å². The van der Waals surface area contributed by atoms with Crippen molar-refractivity contribution in [2.24, 2.45) is 4.99 Å². The third-order valence-corrected chi connectivity index (χ3v) is 4.60. The number of unbranched alkanes of at least 4 members (excludes halogenated alkanes) is 4. The number of thioether (sulfide) groups is 1. The molecule has 1 fully saturated rings. The quantitative estimate of drug-likeness (QED) is 0.510. The minimum absolute atomic E-state index is 0.0301. The van der Waals surface area contributed by atoms with Gasteiger partial charge in [-0.2, -0.15) is 0 Å². The summed E-state index contributed by atoms with van der Waals surface area (Å²) in [6, 6.07) is -0.0470. The molecule has 0 amide bonds. The fraction of sp³-hybridized carbons (Fsp3) is 0.750. The number of rotatable bonds is 8. The van der Waals surface area contributed by atoms with Crippen molar-refractivity contribution in [3.63, 3.8) is 0 Å². The van der Waals surface area contributed by atoms with Gasteiger partial charge in [0.2, 0.25) is 0 Å². The maximum atomic E-state index is 10.8. The molecule has 3 atom stereocenters. The molecule has 0 bridgehead atoms. The summed E-state index contributed by atoms with van der Waals surface area (Å²) in [6.07, 6.45) is 13.2. The summed E-state index contributed by atoms with van der Waals surface area (Å²) in [5.41, 5.74) is -0.0301. The molecular formula is C16H23NO3S. The lowest BCUT2D eigenvalue weighted by molar-refractivity contribution is -0.145. The Morgan fingerprint density at radius 2 is 2.14 bits per heavy atom. The summed E-state index contributed by atoms with van der Waals surface area (Å²) in [4.78, 5) is 15.4. The highest BCUT2D eigenvalue weighted by molar-refractivity contribution is 8.14. The van der Waals surface area contributed by atoms with Crippen molar-refractivity contribution >= 4 is 22.8 Å². The highest BCUT2D eigenvalue weighted by Gasteiger charge is 2.37. The van der Waals surface area contributed by atoms with E-state index in [1.165, 1.54) is 39.0 Å². The molecule has 4 radical (unpaired) electrons. The van der Waals surface area contributed by atoms with Gasteiger partial charge in [-0.3, -0.25) is 9.79 Å². The lowest BCUT2D eigenvalue weighted by atomic mass is 10.1. The Labute approximate surface area is 132 Å². The second kappa shape index (κ2) is 8.79. The average Bonchev–Trinajstić information content (AvgIpc) is 2.86. The number of carbonyl (C=O) groups excluding carboxylic acids is 1. The molecule has 1 saturated heterocycles. The third-order valence-electron chi connectivity index (χ3n) is 3.42. The predicted octanol–water partition coefficient (Wildman–Crippen LogP) is 3.31. The van der Waals surface area contributed by atoms with E-state index in [1.54, 1.807) is 11.8 Å². The van der Waals surface area contributed by atoms with Gasteiger partial charge in [-0.1, -0.05) is 44.4 Å². The fourth-order valence-electron chi connectivity index (χ4n) is 2.30. The fourth-order valence-corrected chi connectivity index (χ4v) is 3.45. The molecule has 0 saturated carbocycles. The molecule has 21 heavy (non-hydrogen) atoms. The minimum atomic E-state index is -0.318. The summed E-state index contributed by atoms with van der Waals surface area (Å²) in [7, 11) is 0. The Morgan fingerprint density at radius 3 is 2.90 bits per heavy atom. The van der Waals surface area contributed by atoms with Crippen LogP contribution in [-0.2, 0) is 14.3 Å². The highest BCUT2D eigenvalue weighted by Crippen LogP contribution is 2.36. The van der Waals surface area contributed by atoms with Gasteiger partial charge in [0.1, 0.15) is 18.1 Å². The summed E-state index contributed by atoms with van der Waals surface area (Å²) in [5, 5.41) is 1.16. The molecule has 0 N–H and O–H groups in total. The average molecular weight is 309 g/mol. The number of aliphatic imine (C=N–C) groups is 1. The van der Waals surface area contributed by atoms with E-state index in [2.05, 4.69) is 24.8 Å². The first-order valence-corrected chi connectivity index (χ1v) is 8.60. The summed E-state index contributed by atoms with van der Waals surface area (Å²) >= 11 is 1.68. The number of carbonyl (C=O) groups is 1. The van der Waals surface area contributed by atoms with E-state index in [0.717, 1.165) is 11.5 Å². The van der Waals surface area contributed by atoms with E-state index >= 15 is 0 Å². The Hall–Kier alpha value is -0.550. The van der Waals surface area contributed by atoms with Crippen molar-refractivity contribution in [3.05, 3.63) is 12.8 Å². The van der Waals surface area contributed by atoms with Gasteiger partial charge >= 0.3 is 5.97 Å². The number of esters is 1. The molecule has 2 heterocycles. The van der Waals surface area contributed by atoms with Gasteiger partial charge in [-0.25, -0.2) is 0 Å². The minimum Gasteiger partial charge on any atom is -0.463 e. The molecule has 2 aliphatic rings. The van der Waals surface area contributed by atoms with E-state index in [4.69, 9.17) is 9.47 Å². The van der Waals surface area contributed by atoms with E-state index in [1.807, 2.05) is 0 Å². The van der Waals surface area contributed by atoms with Gasteiger partial charge in [-0.15, -0.1) is 0 Å². The van der Waals surface area contributed by atoms with Gasteiger partial charge in [0.05, 0.1) is 11.1 Å². The van der Waals surface area contributed by atoms with Gasteiger partial charge in [-0.05, 0) is 12.8 Å². The van der Waals surface area contributed by atoms with Crippen molar-refractivity contribution in [3.8, 4) is 0 Å². The van der Waals surface area contributed by atoms with Crippen LogP contribution in [0, 0.1) is 12.8 Å². The first-order valence-electron chi connectivity index (χ1n) is 7.72. The molecule has 0 aromatic heterocycles. The van der Waals surface area contributed by atoms with Crippen molar-refractivity contribution in [2.45, 2.75) is 70.0 Å². The largest absolute Gasteiger partial charge is 0.463 e. The molecule has 2 aliphatic heterocycles. The summed E-state index contributed by atoms with van der Waals surface area (Å²) < 4.78 is 10.8. The number of fused-ring (bicyclic) bond motifs is 1. The highest BCUT2D eigenvalue weighted by atomic mass is 32.2. The van der Waals surface area contributed by atoms with Crippen LogP contribution in [-0.4, -0.2) is 35.2 Å². The topological polar surface area (TPSA) is 47.9 Å². The predicted molar refractivity (Wildman–Crippen MR) is 84.0 cm³/mol. The van der Waals surface area contributed by atoms with E-state index in [-0.39, 0.29) is 30.2 Å². The Kier molecular flexibility index (Phi) is 7.04. The van der Waals surface area contributed by atoms with Gasteiger partial charge in [0, 0.05) is 19.8 Å². The normalized spacial score (nSPS) is 28.1. The SMILES string of the molecule is CCCCCCCC1=N[C@@H]2[C][C][C@H](COC(C)=O)O[C@@H]2S1. The summed E-state index contributed by atoms with van der Waals surface area (Å²) in [6.45, 7) is 3.82. The number of nitrogens with zero attached hydrogens (tertiary/aromatic N) is 1. The van der Waals surface area contributed by atoms with Crippen LogP contribution in [0.25, 0.3) is 0 Å². The second-order valence-corrected chi connectivity index (χ2v) is 6.51. The van der Waals surface area contributed by atoms with Gasteiger partial charge in [0.15, 0.2) is 0 Å². The zero-order valence-electron chi connectivity index (χ0n) is 12.8. The second-order valence-electron chi connectivity index (χ2n) is 5.33. The molecule has 4 nitrogen and oxygen atoms in total. The van der Waals surface area contributed by atoms with Crippen molar-refractivity contribution in [2.75, 3.05) is 6.61 Å². The van der Waals surface area contributed by atoms with E-state index in [0.29, 0.717) is 0 Å². The Morgan fingerprint density at radius 1 is 1.33 bits per heavy atom. The van der Waals surface area contributed by atoms with Crippen LogP contribution in [0.1, 0.15) is 52.4 Å². The van der Waals surface area contributed by atoms with Crippen LogP contribution in [0.15, 0.2) is 4.99 Å². The van der Waals surface area contributed by atoms with Crippen LogP contribution in [0.4, 0.5) is 0 Å². The first kappa shape index (κ1) is 16.8. The smallest absolute Gasteiger partial charge is 0.302 e. The van der Waals surface area contributed by atoms with Gasteiger partial charge in [0.25, 0.3) is 0 Å². The van der Waals surface area contributed by atoms with Crippen LogP contribution < -0.4 is 0 Å². The lowest BCUT2D eigenvalue weighted by Crippen LogP contribution is -2.37. The number of ether oxygens (including phenoxy) is 2. The molecular weight excluding hydrogens is 286 g/mol. The molecule has 0 aliphatic carbocycles. The summed E-state index contributed by atoms with van der Waals surface area (Å²) in [5.74, 6) is -0.300. The number of hydrogen-bond donors (Lipinski definition) is 0. The van der Waals surface area contributed by atoms with Crippen molar-refractivity contribution < 1.29 is 14.3 Å². The first-order chi connectivity index (χ1) is 10.2. The van der Waals surface area contributed by atoms with Crippen LogP contribution in [0.2, 0.25) is 0 Å². The number of hydrogen-bond acceptors (Lipinski definition) is 5. The maximum absolute atomic E-state index is 10.8. The van der Waals surface area contributed by atoms with Crippen LogP contribution in [0.3, 0.4) is 0 Å². The monoisotopic (exact) mass is 309 g/mol. The molecule has 0 aromatic carbocycles. The zero-order valence-corrected chi connectivity index (χ0v) is 13.6. The van der Waals surface area contributed by atoms with Crippen molar-refractivity contribution in [1.82, 2.24) is 0 Å². The molecule has 2 rings (SSSR count). The third kappa shape index (κ3) is 5.62. The standard InChI is InChI=1S/C16H23NO3S/c1-3-4-5-6-7-8-15-17-14-10-9-13(11-19-12(2)18)20-16(14)21-15/h13-14,16H,3-8,11H2,1-2H3/t13-,14-,16-/m1/s1. The Balaban J connectivity index is 1.66. The van der Waals surface area contributed by atoms with E-state index in [9.17, 15) is 4.79 Å². The Bertz CT molecular complexity index is 373. The molecule has 0 aromatic rings. The lowest BCUT2D eigenvalue weighted by Gasteiger charge is -2.29. The van der Waals surface area contributed by atoms with Crippen LogP contribution in [0.5, 0.6) is 0 Å². The maximum Gasteiger partial charge on any atom is 0.302 e. The molecule has 116 valence electrons. The van der Waals surface area contributed by atoms with E-state index < -0.39 is 0 Å².